The van der Waals surface area contributed by atoms with Gasteiger partial charge in [-0.15, -0.1) is 11.8 Å². The first kappa shape index (κ1) is 28.6. The van der Waals surface area contributed by atoms with E-state index in [2.05, 4.69) is 5.32 Å². The van der Waals surface area contributed by atoms with Crippen molar-refractivity contribution >= 4 is 33.3 Å². The zero-order valence-corrected chi connectivity index (χ0v) is 23.2. The number of Topliss-reactive ketones (excluding diaryl/α,β-unsaturated/α-hetero) is 1. The van der Waals surface area contributed by atoms with Crippen molar-refractivity contribution in [3.63, 3.8) is 0 Å². The molecule has 0 heterocycles. The SMILES string of the molecule is Cc1ccc(SCC(CS(=O)(=O)c2ccc(C)cc2)C(=O)c2ccc(C(=O)NC(C)(C)CO)cc2)cc1. The third-order valence-electron chi connectivity index (χ3n) is 5.92. The molecule has 3 rings (SSSR count). The molecule has 0 aliphatic rings. The molecule has 0 aliphatic heterocycles. The second-order valence-electron chi connectivity index (χ2n) is 9.85. The molecule has 2 N–H and O–H groups in total. The van der Waals surface area contributed by atoms with E-state index in [0.717, 1.165) is 16.0 Å². The summed E-state index contributed by atoms with van der Waals surface area (Å²) in [4.78, 5) is 27.2. The van der Waals surface area contributed by atoms with Gasteiger partial charge in [-0.1, -0.05) is 47.5 Å². The van der Waals surface area contributed by atoms with Crippen molar-refractivity contribution in [3.05, 3.63) is 95.1 Å². The first-order chi connectivity index (χ1) is 17.4. The van der Waals surface area contributed by atoms with E-state index >= 15 is 0 Å². The molecule has 1 amide bonds. The summed E-state index contributed by atoms with van der Waals surface area (Å²) < 4.78 is 26.4. The quantitative estimate of drug-likeness (QED) is 0.266. The monoisotopic (exact) mass is 539 g/mol. The van der Waals surface area contributed by atoms with Crippen LogP contribution >= 0.6 is 11.8 Å². The topological polar surface area (TPSA) is 101 Å². The molecular formula is C29H33NO5S2. The van der Waals surface area contributed by atoms with Crippen LogP contribution in [-0.2, 0) is 9.84 Å². The Labute approximate surface area is 223 Å². The van der Waals surface area contributed by atoms with E-state index in [1.165, 1.54) is 23.9 Å². The molecule has 0 bridgehead atoms. The number of sulfone groups is 1. The Kier molecular flexibility index (Phi) is 9.34. The Bertz CT molecular complexity index is 1330. The lowest BCUT2D eigenvalue weighted by atomic mass is 9.99. The Hall–Kier alpha value is -2.94. The molecule has 8 heteroatoms. The highest BCUT2D eigenvalue weighted by atomic mass is 32.2. The summed E-state index contributed by atoms with van der Waals surface area (Å²) in [6.45, 7) is 7.06. The van der Waals surface area contributed by atoms with Gasteiger partial charge in [0.1, 0.15) is 0 Å². The van der Waals surface area contributed by atoms with Crippen LogP contribution in [0.25, 0.3) is 0 Å². The zero-order valence-electron chi connectivity index (χ0n) is 21.5. The smallest absolute Gasteiger partial charge is 0.251 e. The van der Waals surface area contributed by atoms with Crippen molar-refractivity contribution in [2.24, 2.45) is 5.92 Å². The van der Waals surface area contributed by atoms with Crippen LogP contribution in [-0.4, -0.2) is 48.9 Å². The number of rotatable bonds is 11. The number of hydrogen-bond donors (Lipinski definition) is 2. The van der Waals surface area contributed by atoms with E-state index in [-0.39, 0.29) is 28.9 Å². The molecule has 3 aromatic rings. The van der Waals surface area contributed by atoms with Gasteiger partial charge in [0.2, 0.25) is 0 Å². The Morgan fingerprint density at radius 2 is 1.38 bits per heavy atom. The third-order valence-corrected chi connectivity index (χ3v) is 8.93. The van der Waals surface area contributed by atoms with E-state index in [1.54, 1.807) is 50.2 Å². The highest BCUT2D eigenvalue weighted by Gasteiger charge is 2.28. The highest BCUT2D eigenvalue weighted by Crippen LogP contribution is 2.26. The largest absolute Gasteiger partial charge is 0.394 e. The second-order valence-corrected chi connectivity index (χ2v) is 13.0. The van der Waals surface area contributed by atoms with E-state index in [1.807, 2.05) is 38.1 Å². The van der Waals surface area contributed by atoms with Crippen LogP contribution in [0, 0.1) is 19.8 Å². The van der Waals surface area contributed by atoms with Crippen molar-refractivity contribution in [2.45, 2.75) is 43.0 Å². The molecule has 0 saturated carbocycles. The Morgan fingerprint density at radius 3 is 1.92 bits per heavy atom. The van der Waals surface area contributed by atoms with Crippen molar-refractivity contribution < 1.29 is 23.1 Å². The molecule has 0 saturated heterocycles. The Balaban J connectivity index is 1.84. The predicted octanol–water partition coefficient (Wildman–Crippen LogP) is 4.87. The molecule has 3 aromatic carbocycles. The van der Waals surface area contributed by atoms with Crippen LogP contribution in [0.4, 0.5) is 0 Å². The van der Waals surface area contributed by atoms with Gasteiger partial charge in [0.25, 0.3) is 5.91 Å². The average molecular weight is 540 g/mol. The number of aliphatic hydroxyl groups is 1. The number of nitrogens with one attached hydrogen (secondary N) is 1. The summed E-state index contributed by atoms with van der Waals surface area (Å²) in [5.74, 6) is -1.48. The minimum absolute atomic E-state index is 0.190. The van der Waals surface area contributed by atoms with Gasteiger partial charge in [0.15, 0.2) is 15.6 Å². The maximum Gasteiger partial charge on any atom is 0.251 e. The van der Waals surface area contributed by atoms with Gasteiger partial charge >= 0.3 is 0 Å². The molecule has 196 valence electrons. The standard InChI is InChI=1S/C29H33NO5S2/c1-20-5-13-25(14-6-20)36-17-24(18-37(34,35)26-15-7-21(2)8-16-26)27(32)22-9-11-23(12-10-22)28(33)30-29(3,4)19-31/h5-16,24,31H,17-19H2,1-4H3,(H,30,33). The minimum Gasteiger partial charge on any atom is -0.394 e. The van der Waals surface area contributed by atoms with Crippen LogP contribution in [0.15, 0.2) is 82.6 Å². The molecule has 6 nitrogen and oxygen atoms in total. The van der Waals surface area contributed by atoms with Crippen LogP contribution in [0.1, 0.15) is 45.7 Å². The molecule has 0 fully saturated rings. The number of thioether (sulfide) groups is 1. The number of aryl methyl sites for hydroxylation is 2. The lowest BCUT2D eigenvalue weighted by molar-refractivity contribution is 0.0867. The van der Waals surface area contributed by atoms with E-state index in [4.69, 9.17) is 0 Å². The van der Waals surface area contributed by atoms with E-state index < -0.39 is 21.3 Å². The van der Waals surface area contributed by atoms with Crippen LogP contribution < -0.4 is 5.32 Å². The first-order valence-electron chi connectivity index (χ1n) is 12.0. The molecule has 1 atom stereocenters. The fraction of sp³-hybridized carbons (Fsp3) is 0.310. The minimum atomic E-state index is -3.71. The maximum absolute atomic E-state index is 13.5. The lowest BCUT2D eigenvalue weighted by Crippen LogP contribution is -2.46. The van der Waals surface area contributed by atoms with E-state index in [9.17, 15) is 23.1 Å². The number of aliphatic hydroxyl groups excluding tert-OH is 1. The third kappa shape index (κ3) is 8.02. The number of hydrogen-bond acceptors (Lipinski definition) is 6. The van der Waals surface area contributed by atoms with Gasteiger partial charge in [-0.25, -0.2) is 8.42 Å². The highest BCUT2D eigenvalue weighted by molar-refractivity contribution is 7.99. The first-order valence-corrected chi connectivity index (χ1v) is 14.6. The lowest BCUT2D eigenvalue weighted by Gasteiger charge is -2.23. The summed E-state index contributed by atoms with van der Waals surface area (Å²) in [6, 6.07) is 20.7. The average Bonchev–Trinajstić information content (AvgIpc) is 2.87. The number of carbonyl (C=O) groups excluding carboxylic acids is 2. The van der Waals surface area contributed by atoms with Crippen molar-refractivity contribution in [3.8, 4) is 0 Å². The van der Waals surface area contributed by atoms with E-state index in [0.29, 0.717) is 16.9 Å². The number of carbonyl (C=O) groups is 2. The molecule has 0 aromatic heterocycles. The van der Waals surface area contributed by atoms with Gasteiger partial charge in [0, 0.05) is 27.7 Å². The maximum atomic E-state index is 13.5. The number of benzene rings is 3. The van der Waals surface area contributed by atoms with Crippen molar-refractivity contribution in [1.29, 1.82) is 0 Å². The van der Waals surface area contributed by atoms with Crippen molar-refractivity contribution in [1.82, 2.24) is 5.32 Å². The molecule has 37 heavy (non-hydrogen) atoms. The second kappa shape index (κ2) is 12.1. The van der Waals surface area contributed by atoms with Gasteiger partial charge in [-0.3, -0.25) is 9.59 Å². The van der Waals surface area contributed by atoms with Gasteiger partial charge in [-0.05, 0) is 64.1 Å². The summed E-state index contributed by atoms with van der Waals surface area (Å²) in [5, 5.41) is 12.1. The summed E-state index contributed by atoms with van der Waals surface area (Å²) >= 11 is 1.44. The van der Waals surface area contributed by atoms with Gasteiger partial charge < -0.3 is 10.4 Å². The van der Waals surface area contributed by atoms with Gasteiger partial charge in [0.05, 0.1) is 22.8 Å². The van der Waals surface area contributed by atoms with Crippen LogP contribution in [0.5, 0.6) is 0 Å². The van der Waals surface area contributed by atoms with Crippen LogP contribution in [0.2, 0.25) is 0 Å². The fourth-order valence-electron chi connectivity index (χ4n) is 3.58. The number of amides is 1. The molecular weight excluding hydrogens is 506 g/mol. The molecule has 0 radical (unpaired) electrons. The van der Waals surface area contributed by atoms with Crippen molar-refractivity contribution in [2.75, 3.05) is 18.1 Å². The summed E-state index contributed by atoms with van der Waals surface area (Å²) in [5.41, 5.74) is 1.97. The van der Waals surface area contributed by atoms with Crippen LogP contribution in [0.3, 0.4) is 0 Å². The molecule has 0 spiro atoms. The summed E-state index contributed by atoms with van der Waals surface area (Å²) in [6.07, 6.45) is 0. The molecule has 1 unspecified atom stereocenters. The number of ketones is 1. The predicted molar refractivity (Wildman–Crippen MR) is 148 cm³/mol. The molecule has 0 aliphatic carbocycles. The normalized spacial score (nSPS) is 12.7. The summed E-state index contributed by atoms with van der Waals surface area (Å²) in [7, 11) is -3.71. The fourth-order valence-corrected chi connectivity index (χ4v) is 6.26. The van der Waals surface area contributed by atoms with Gasteiger partial charge in [-0.2, -0.15) is 0 Å². The Morgan fingerprint density at radius 1 is 0.865 bits per heavy atom. The zero-order chi connectivity index (χ0) is 27.2.